The van der Waals surface area contributed by atoms with Crippen LogP contribution in [0.2, 0.25) is 10.0 Å². The first-order chi connectivity index (χ1) is 16.2. The lowest BCUT2D eigenvalue weighted by atomic mass is 9.47. The van der Waals surface area contributed by atoms with E-state index in [2.05, 4.69) is 5.32 Å². The second-order valence-electron chi connectivity index (χ2n) is 10.8. The van der Waals surface area contributed by atoms with Crippen LogP contribution in [0.15, 0.2) is 18.2 Å². The molecule has 5 saturated carbocycles. The molecule has 5 fully saturated rings. The summed E-state index contributed by atoms with van der Waals surface area (Å²) in [5, 5.41) is 3.73. The molecule has 34 heavy (non-hydrogen) atoms. The number of primary amides is 1. The van der Waals surface area contributed by atoms with Crippen molar-refractivity contribution in [3.05, 3.63) is 28.2 Å². The Balaban J connectivity index is 1.47. The van der Waals surface area contributed by atoms with Gasteiger partial charge in [0.2, 0.25) is 11.8 Å². The molecule has 0 aromatic heterocycles. The van der Waals surface area contributed by atoms with Gasteiger partial charge in [-0.15, -0.1) is 0 Å². The van der Waals surface area contributed by atoms with Crippen LogP contribution in [0.3, 0.4) is 0 Å². The van der Waals surface area contributed by atoms with Crippen molar-refractivity contribution in [2.75, 3.05) is 4.31 Å². The predicted molar refractivity (Wildman–Crippen MR) is 133 cm³/mol. The smallest absolute Gasteiger partial charge is 0.262 e. The van der Waals surface area contributed by atoms with Crippen molar-refractivity contribution in [2.45, 2.75) is 75.8 Å². The molecular weight excluding hydrogens is 497 g/mol. The van der Waals surface area contributed by atoms with Gasteiger partial charge in [-0.1, -0.05) is 48.5 Å². The molecule has 6 rings (SSSR count). The average molecular weight is 529 g/mol. The van der Waals surface area contributed by atoms with Crippen LogP contribution in [-0.2, 0) is 20.9 Å². The Labute approximate surface area is 212 Å². The van der Waals surface area contributed by atoms with Gasteiger partial charge < -0.3 is 11.1 Å². The molecule has 3 unspecified atom stereocenters. The summed E-state index contributed by atoms with van der Waals surface area (Å²) in [4.78, 5) is 26.4. The lowest BCUT2D eigenvalue weighted by Crippen LogP contribution is -2.67. The fourth-order valence-electron chi connectivity index (χ4n) is 7.62. The number of anilines is 1. The van der Waals surface area contributed by atoms with Gasteiger partial charge in [0.25, 0.3) is 11.3 Å². The van der Waals surface area contributed by atoms with Gasteiger partial charge in [0.15, 0.2) is 0 Å². The van der Waals surface area contributed by atoms with E-state index in [0.717, 1.165) is 38.5 Å². The van der Waals surface area contributed by atoms with Crippen LogP contribution in [0.5, 0.6) is 0 Å². The predicted octanol–water partition coefficient (Wildman–Crippen LogP) is 4.44. The number of nitrogens with zero attached hydrogens (tertiary/aromatic N) is 1. The monoisotopic (exact) mass is 527 g/mol. The van der Waals surface area contributed by atoms with Gasteiger partial charge >= 0.3 is 0 Å². The Morgan fingerprint density at radius 3 is 2.32 bits per heavy atom. The van der Waals surface area contributed by atoms with Crippen LogP contribution in [0, 0.1) is 23.2 Å². The van der Waals surface area contributed by atoms with E-state index in [1.165, 1.54) is 4.31 Å². The quantitative estimate of drug-likeness (QED) is 0.474. The molecule has 4 bridgehead atoms. The molecule has 1 aromatic carbocycles. The molecule has 0 aliphatic heterocycles. The van der Waals surface area contributed by atoms with Gasteiger partial charge in [-0.05, 0) is 74.8 Å². The molecule has 10 heteroatoms. The third-order valence-corrected chi connectivity index (χ3v) is 10.6. The Morgan fingerprint density at radius 2 is 1.74 bits per heavy atom. The summed E-state index contributed by atoms with van der Waals surface area (Å²) < 4.78 is 24.4. The number of rotatable bonds is 6. The number of nitrogens with one attached hydrogen (secondary N) is 1. The van der Waals surface area contributed by atoms with Crippen molar-refractivity contribution in [3.8, 4) is 0 Å². The van der Waals surface area contributed by atoms with Crippen molar-refractivity contribution in [1.29, 1.82) is 0 Å². The maximum atomic E-state index is 14.1. The Kier molecular flexibility index (Phi) is 6.41. The Bertz CT molecular complexity index is 1020. The van der Waals surface area contributed by atoms with E-state index in [-0.39, 0.29) is 45.4 Å². The molecule has 0 spiro atoms. The highest BCUT2D eigenvalue weighted by molar-refractivity contribution is 7.80. The van der Waals surface area contributed by atoms with Crippen molar-refractivity contribution in [2.24, 2.45) is 28.9 Å². The van der Waals surface area contributed by atoms with Crippen molar-refractivity contribution < 1.29 is 18.4 Å². The van der Waals surface area contributed by atoms with E-state index in [1.807, 2.05) is 0 Å². The lowest BCUT2D eigenvalue weighted by molar-refractivity contribution is -0.148. The summed E-state index contributed by atoms with van der Waals surface area (Å²) >= 11 is 10.2. The van der Waals surface area contributed by atoms with E-state index in [9.17, 15) is 18.4 Å². The van der Waals surface area contributed by atoms with E-state index < -0.39 is 22.2 Å². The van der Waals surface area contributed by atoms with Crippen molar-refractivity contribution >= 4 is 52.0 Å². The largest absolute Gasteiger partial charge is 0.369 e. The minimum atomic E-state index is -2.49. The number of hydrogen-bond donors (Lipinski definition) is 3. The molecule has 1 aromatic rings. The maximum Gasteiger partial charge on any atom is 0.262 e. The first kappa shape index (κ1) is 24.3. The highest BCUT2D eigenvalue weighted by atomic mass is 35.5. The lowest BCUT2D eigenvalue weighted by Gasteiger charge is -2.59. The molecule has 186 valence electrons. The fraction of sp³-hybridized carbons (Fsp3) is 0.667. The number of carbonyl (C=O) groups is 2. The molecule has 5 aliphatic carbocycles. The van der Waals surface area contributed by atoms with E-state index >= 15 is 0 Å². The SMILES string of the molecule is NC(=O)C12CC3CC(C1)C(NC(=O)C1(N(c4cccc(Cl)c4Cl)S(=O)O)CCCCC1)C(C3)C2. The number of benzene rings is 1. The number of carbonyl (C=O) groups excluding carboxylic acids is 2. The van der Waals surface area contributed by atoms with Gasteiger partial charge in [-0.25, -0.2) is 4.21 Å². The summed E-state index contributed by atoms with van der Waals surface area (Å²) in [6.45, 7) is 0. The van der Waals surface area contributed by atoms with E-state index in [0.29, 0.717) is 31.6 Å². The molecule has 0 radical (unpaired) electrons. The maximum absolute atomic E-state index is 14.1. The normalized spacial score (nSPS) is 34.4. The fourth-order valence-corrected chi connectivity index (χ4v) is 8.93. The summed E-state index contributed by atoms with van der Waals surface area (Å²) in [5.74, 6) is 0.431. The van der Waals surface area contributed by atoms with Crippen LogP contribution >= 0.6 is 23.2 Å². The minimum Gasteiger partial charge on any atom is -0.369 e. The Morgan fingerprint density at radius 1 is 1.09 bits per heavy atom. The standard InChI is InChI=1S/C24H31Cl2N3O4S/c25-17-5-4-6-18(19(17)26)29(34(32)33)24(7-2-1-3-8-24)22(31)28-20-15-9-14-10-16(20)13-23(11-14,12-15)21(27)30/h4-6,14-16,20H,1-3,7-13H2,(H2,27,30)(H,28,31)(H,32,33). The van der Waals surface area contributed by atoms with Crippen molar-refractivity contribution in [1.82, 2.24) is 5.32 Å². The average Bonchev–Trinajstić information content (AvgIpc) is 2.79. The van der Waals surface area contributed by atoms with E-state index in [1.54, 1.807) is 18.2 Å². The van der Waals surface area contributed by atoms with Gasteiger partial charge in [0.1, 0.15) is 5.54 Å². The van der Waals surface area contributed by atoms with Crippen LogP contribution in [0.25, 0.3) is 0 Å². The molecular formula is C24H31Cl2N3O4S. The minimum absolute atomic E-state index is 0.0564. The number of halogens is 2. The molecule has 7 nitrogen and oxygen atoms in total. The van der Waals surface area contributed by atoms with Crippen molar-refractivity contribution in [3.63, 3.8) is 0 Å². The Hall–Kier alpha value is -1.35. The topological polar surface area (TPSA) is 113 Å². The summed E-state index contributed by atoms with van der Waals surface area (Å²) in [7, 11) is 0. The van der Waals surface area contributed by atoms with Crippen LogP contribution in [-0.4, -0.2) is 32.2 Å². The van der Waals surface area contributed by atoms with Crippen LogP contribution < -0.4 is 15.4 Å². The molecule has 5 aliphatic rings. The zero-order chi connectivity index (χ0) is 24.3. The van der Waals surface area contributed by atoms with Crippen LogP contribution in [0.4, 0.5) is 5.69 Å². The first-order valence-corrected chi connectivity index (χ1v) is 13.9. The number of amides is 2. The summed E-state index contributed by atoms with van der Waals surface area (Å²) in [5.41, 5.74) is 4.46. The van der Waals surface area contributed by atoms with Gasteiger partial charge in [0, 0.05) is 11.5 Å². The third kappa shape index (κ3) is 3.85. The van der Waals surface area contributed by atoms with Gasteiger partial charge in [-0.3, -0.25) is 18.4 Å². The number of hydrogen-bond acceptors (Lipinski definition) is 3. The zero-order valence-electron chi connectivity index (χ0n) is 19.0. The summed E-state index contributed by atoms with van der Waals surface area (Å²) in [6.07, 6.45) is 7.65. The summed E-state index contributed by atoms with van der Waals surface area (Å²) in [6, 6.07) is 4.85. The first-order valence-electron chi connectivity index (χ1n) is 12.1. The van der Waals surface area contributed by atoms with E-state index in [4.69, 9.17) is 28.9 Å². The molecule has 0 heterocycles. The molecule has 4 N–H and O–H groups in total. The second-order valence-corrected chi connectivity index (χ2v) is 12.4. The zero-order valence-corrected chi connectivity index (χ0v) is 21.3. The molecule has 3 atom stereocenters. The highest BCUT2D eigenvalue weighted by Gasteiger charge is 2.59. The molecule has 2 amide bonds. The van der Waals surface area contributed by atoms with Crippen LogP contribution in [0.1, 0.15) is 64.2 Å². The second kappa shape index (κ2) is 8.95. The third-order valence-electron chi connectivity index (χ3n) is 8.89. The highest BCUT2D eigenvalue weighted by Crippen LogP contribution is 2.60. The van der Waals surface area contributed by atoms with Gasteiger partial charge in [0.05, 0.1) is 15.7 Å². The molecule has 0 saturated heterocycles. The number of nitrogens with two attached hydrogens (primary N) is 1. The van der Waals surface area contributed by atoms with Gasteiger partial charge in [-0.2, -0.15) is 0 Å².